The van der Waals surface area contributed by atoms with Crippen molar-refractivity contribution in [3.63, 3.8) is 0 Å². The Bertz CT molecular complexity index is 796. The van der Waals surface area contributed by atoms with E-state index in [0.717, 1.165) is 11.1 Å². The molecule has 6 nitrogen and oxygen atoms in total. The van der Waals surface area contributed by atoms with Crippen LogP contribution in [0.5, 0.6) is 0 Å². The van der Waals surface area contributed by atoms with Crippen LogP contribution >= 0.6 is 0 Å². The zero-order chi connectivity index (χ0) is 16.1. The normalized spacial score (nSPS) is 10.8. The summed E-state index contributed by atoms with van der Waals surface area (Å²) in [7, 11) is 0. The molecule has 0 bridgehead atoms. The molecule has 0 aliphatic heterocycles. The quantitative estimate of drug-likeness (QED) is 0.548. The van der Waals surface area contributed by atoms with Crippen molar-refractivity contribution in [3.05, 3.63) is 66.9 Å². The van der Waals surface area contributed by atoms with Crippen LogP contribution in [-0.2, 0) is 4.79 Å². The van der Waals surface area contributed by atoms with Gasteiger partial charge in [-0.05, 0) is 42.0 Å². The third kappa shape index (κ3) is 3.49. The van der Waals surface area contributed by atoms with E-state index in [4.69, 9.17) is 4.42 Å². The molecule has 0 fully saturated rings. The van der Waals surface area contributed by atoms with Crippen molar-refractivity contribution in [1.29, 1.82) is 0 Å². The Morgan fingerprint density at radius 3 is 2.48 bits per heavy atom. The summed E-state index contributed by atoms with van der Waals surface area (Å²) in [6.45, 7) is 1.47. The predicted molar refractivity (Wildman–Crippen MR) is 86.9 cm³/mol. The van der Waals surface area contributed by atoms with Gasteiger partial charge in [-0.15, -0.1) is 0 Å². The first-order valence-corrected chi connectivity index (χ1v) is 6.97. The van der Waals surface area contributed by atoms with Crippen LogP contribution in [0.3, 0.4) is 0 Å². The second-order valence-corrected chi connectivity index (χ2v) is 4.77. The topological polar surface area (TPSA) is 71.6 Å². The van der Waals surface area contributed by atoms with Crippen LogP contribution in [0.1, 0.15) is 12.5 Å². The van der Waals surface area contributed by atoms with Crippen LogP contribution in [0, 0.1) is 0 Å². The van der Waals surface area contributed by atoms with Gasteiger partial charge >= 0.3 is 0 Å². The smallest absolute Gasteiger partial charge is 0.244 e. The van der Waals surface area contributed by atoms with Crippen LogP contribution in [0.25, 0.3) is 11.3 Å². The molecule has 0 N–H and O–H groups in total. The van der Waals surface area contributed by atoms with Crippen LogP contribution in [0.2, 0.25) is 0 Å². The molecule has 3 aromatic rings. The Kier molecular flexibility index (Phi) is 4.24. The van der Waals surface area contributed by atoms with Crippen molar-refractivity contribution in [2.75, 3.05) is 5.01 Å². The molecule has 0 aliphatic rings. The minimum absolute atomic E-state index is 0.178. The number of carbonyl (C=O) groups is 1. The summed E-state index contributed by atoms with van der Waals surface area (Å²) in [4.78, 5) is 19.7. The second-order valence-electron chi connectivity index (χ2n) is 4.77. The summed E-state index contributed by atoms with van der Waals surface area (Å²) in [6.07, 6.45) is 7.98. The van der Waals surface area contributed by atoms with Gasteiger partial charge in [0.15, 0.2) is 12.2 Å². The minimum atomic E-state index is -0.178. The number of pyridine rings is 1. The van der Waals surface area contributed by atoms with Crippen LogP contribution in [0.15, 0.2) is 70.9 Å². The third-order valence-corrected chi connectivity index (χ3v) is 3.16. The fourth-order valence-corrected chi connectivity index (χ4v) is 2.03. The van der Waals surface area contributed by atoms with E-state index in [9.17, 15) is 4.79 Å². The predicted octanol–water partition coefficient (Wildman–Crippen LogP) is 3.12. The van der Waals surface area contributed by atoms with Crippen LogP contribution in [-0.4, -0.2) is 22.1 Å². The molecule has 0 radical (unpaired) electrons. The lowest BCUT2D eigenvalue weighted by atomic mass is 10.1. The molecule has 6 heteroatoms. The van der Waals surface area contributed by atoms with E-state index in [1.54, 1.807) is 24.8 Å². The first kappa shape index (κ1) is 14.6. The zero-order valence-electron chi connectivity index (χ0n) is 12.5. The van der Waals surface area contributed by atoms with E-state index in [-0.39, 0.29) is 5.91 Å². The van der Waals surface area contributed by atoms with E-state index in [1.165, 1.54) is 18.3 Å². The number of hydrogen-bond acceptors (Lipinski definition) is 5. The highest BCUT2D eigenvalue weighted by molar-refractivity contribution is 5.93. The number of oxazole rings is 1. The van der Waals surface area contributed by atoms with Gasteiger partial charge in [0.05, 0.1) is 18.1 Å². The summed E-state index contributed by atoms with van der Waals surface area (Å²) in [5, 5.41) is 5.59. The van der Waals surface area contributed by atoms with Gasteiger partial charge in [-0.2, -0.15) is 5.10 Å². The number of anilines is 1. The van der Waals surface area contributed by atoms with E-state index in [2.05, 4.69) is 15.1 Å². The molecular weight excluding hydrogens is 292 g/mol. The van der Waals surface area contributed by atoms with Crippen molar-refractivity contribution in [2.45, 2.75) is 6.92 Å². The van der Waals surface area contributed by atoms with E-state index >= 15 is 0 Å². The number of rotatable bonds is 4. The standard InChI is InChI=1S/C17H14N4O2/c1-13(22)21(20-10-14-6-8-18-9-7-14)16-4-2-15(3-5-16)17-11-19-12-23-17/h2-12H,1H3/b20-10-. The zero-order valence-corrected chi connectivity index (χ0v) is 12.5. The lowest BCUT2D eigenvalue weighted by Gasteiger charge is -2.15. The molecular formula is C17H14N4O2. The van der Waals surface area contributed by atoms with E-state index in [1.807, 2.05) is 36.4 Å². The Balaban J connectivity index is 1.84. The molecule has 2 aromatic heterocycles. The highest BCUT2D eigenvalue weighted by Gasteiger charge is 2.10. The first-order valence-electron chi connectivity index (χ1n) is 6.97. The second kappa shape index (κ2) is 6.65. The summed E-state index contributed by atoms with van der Waals surface area (Å²) in [6, 6.07) is 11.0. The van der Waals surface area contributed by atoms with Crippen molar-refractivity contribution in [2.24, 2.45) is 5.10 Å². The highest BCUT2D eigenvalue weighted by Crippen LogP contribution is 2.23. The molecule has 1 aromatic carbocycles. The minimum Gasteiger partial charge on any atom is -0.444 e. The number of hydrazone groups is 1. The van der Waals surface area contributed by atoms with Gasteiger partial charge in [0.25, 0.3) is 0 Å². The molecule has 0 spiro atoms. The van der Waals surface area contributed by atoms with Crippen LogP contribution < -0.4 is 5.01 Å². The molecule has 1 amide bonds. The molecule has 0 atom stereocenters. The maximum atomic E-state index is 11.9. The number of carbonyl (C=O) groups excluding carboxylic acids is 1. The summed E-state index contributed by atoms with van der Waals surface area (Å²) in [5.41, 5.74) is 2.42. The van der Waals surface area contributed by atoms with Crippen molar-refractivity contribution >= 4 is 17.8 Å². The van der Waals surface area contributed by atoms with Gasteiger partial charge in [-0.25, -0.2) is 9.99 Å². The van der Waals surface area contributed by atoms with Crippen LogP contribution in [0.4, 0.5) is 5.69 Å². The molecule has 0 saturated carbocycles. The summed E-state index contributed by atoms with van der Waals surface area (Å²) in [5.74, 6) is 0.494. The fraction of sp³-hybridized carbons (Fsp3) is 0.0588. The lowest BCUT2D eigenvalue weighted by molar-refractivity contribution is -0.116. The maximum Gasteiger partial charge on any atom is 0.244 e. The van der Waals surface area contributed by atoms with E-state index < -0.39 is 0 Å². The summed E-state index contributed by atoms with van der Waals surface area (Å²) < 4.78 is 5.25. The molecule has 0 saturated heterocycles. The van der Waals surface area contributed by atoms with Gasteiger partial charge in [-0.1, -0.05) is 0 Å². The number of nitrogens with zero attached hydrogens (tertiary/aromatic N) is 4. The van der Waals surface area contributed by atoms with Gasteiger partial charge in [0.2, 0.25) is 5.91 Å². The average Bonchev–Trinajstić information content (AvgIpc) is 3.11. The maximum absolute atomic E-state index is 11.9. The Labute approximate surface area is 133 Å². The first-order chi connectivity index (χ1) is 11.2. The van der Waals surface area contributed by atoms with Gasteiger partial charge in [-0.3, -0.25) is 9.78 Å². The number of aromatic nitrogens is 2. The molecule has 0 unspecified atom stereocenters. The Morgan fingerprint density at radius 2 is 1.87 bits per heavy atom. The van der Waals surface area contributed by atoms with Gasteiger partial charge in [0.1, 0.15) is 0 Å². The van der Waals surface area contributed by atoms with Gasteiger partial charge < -0.3 is 4.42 Å². The fourth-order valence-electron chi connectivity index (χ4n) is 2.03. The largest absolute Gasteiger partial charge is 0.444 e. The van der Waals surface area contributed by atoms with E-state index in [0.29, 0.717) is 11.4 Å². The summed E-state index contributed by atoms with van der Waals surface area (Å²) >= 11 is 0. The number of hydrogen-bond donors (Lipinski definition) is 0. The molecule has 114 valence electrons. The molecule has 2 heterocycles. The molecule has 23 heavy (non-hydrogen) atoms. The van der Waals surface area contributed by atoms with Gasteiger partial charge in [0, 0.05) is 24.9 Å². The third-order valence-electron chi connectivity index (χ3n) is 3.16. The lowest BCUT2D eigenvalue weighted by Crippen LogP contribution is -2.22. The molecule has 0 aliphatic carbocycles. The number of amides is 1. The average molecular weight is 306 g/mol. The highest BCUT2D eigenvalue weighted by atomic mass is 16.3. The Morgan fingerprint density at radius 1 is 1.13 bits per heavy atom. The Hall–Kier alpha value is -3.28. The van der Waals surface area contributed by atoms with Crippen molar-refractivity contribution in [1.82, 2.24) is 9.97 Å². The molecule has 3 rings (SSSR count). The van der Waals surface area contributed by atoms with Crippen molar-refractivity contribution in [3.8, 4) is 11.3 Å². The number of benzene rings is 1. The monoisotopic (exact) mass is 306 g/mol. The van der Waals surface area contributed by atoms with Crippen molar-refractivity contribution < 1.29 is 9.21 Å². The SMILES string of the molecule is CC(=O)N(/N=C\c1ccncc1)c1ccc(-c2cnco2)cc1.